The van der Waals surface area contributed by atoms with Crippen molar-refractivity contribution < 1.29 is 4.74 Å². The lowest BCUT2D eigenvalue weighted by atomic mass is 10.0. The molecular formula is C17H26N2O. The van der Waals surface area contributed by atoms with E-state index in [1.807, 2.05) is 0 Å². The first kappa shape index (κ1) is 13.9. The second kappa shape index (κ2) is 5.74. The average Bonchev–Trinajstić information content (AvgIpc) is 2.37. The second-order valence-corrected chi connectivity index (χ2v) is 6.47. The predicted molar refractivity (Wildman–Crippen MR) is 83.5 cm³/mol. The Morgan fingerprint density at radius 3 is 2.30 bits per heavy atom. The lowest BCUT2D eigenvalue weighted by molar-refractivity contribution is -0.0691. The molecule has 3 heteroatoms. The maximum absolute atomic E-state index is 5.32. The fourth-order valence-corrected chi connectivity index (χ4v) is 3.19. The molecule has 1 aromatic carbocycles. The van der Waals surface area contributed by atoms with E-state index in [2.05, 4.69) is 54.8 Å². The highest BCUT2D eigenvalue weighted by Gasteiger charge is 2.32. The Morgan fingerprint density at radius 1 is 1.10 bits per heavy atom. The van der Waals surface area contributed by atoms with Gasteiger partial charge in [-0.25, -0.2) is 0 Å². The van der Waals surface area contributed by atoms with Crippen LogP contribution in [0.25, 0.3) is 0 Å². The molecule has 1 unspecified atom stereocenters. The molecule has 0 amide bonds. The molecule has 2 aliphatic heterocycles. The quantitative estimate of drug-likeness (QED) is 0.843. The zero-order valence-corrected chi connectivity index (χ0v) is 12.9. The molecule has 2 saturated heterocycles. The summed E-state index contributed by atoms with van der Waals surface area (Å²) in [6, 6.07) is 10.4. The summed E-state index contributed by atoms with van der Waals surface area (Å²) in [5, 5.41) is 0. The molecule has 2 aliphatic rings. The molecule has 0 saturated carbocycles. The number of anilines is 1. The number of rotatable bonds is 3. The van der Waals surface area contributed by atoms with Crippen molar-refractivity contribution in [3.63, 3.8) is 0 Å². The Bertz CT molecular complexity index is 439. The van der Waals surface area contributed by atoms with Gasteiger partial charge in [0.05, 0.1) is 19.3 Å². The molecule has 0 aliphatic carbocycles. The van der Waals surface area contributed by atoms with E-state index in [0.717, 1.165) is 32.8 Å². The summed E-state index contributed by atoms with van der Waals surface area (Å²) in [6.45, 7) is 12.1. The Balaban J connectivity index is 1.65. The molecule has 2 fully saturated rings. The molecule has 20 heavy (non-hydrogen) atoms. The molecule has 0 aromatic heterocycles. The average molecular weight is 274 g/mol. The van der Waals surface area contributed by atoms with Gasteiger partial charge in [-0.3, -0.25) is 4.90 Å². The van der Waals surface area contributed by atoms with Crippen molar-refractivity contribution in [2.75, 3.05) is 37.7 Å². The van der Waals surface area contributed by atoms with E-state index in [0.29, 0.717) is 18.0 Å². The van der Waals surface area contributed by atoms with Crippen LogP contribution in [0, 0.1) is 0 Å². The normalized spacial score (nSPS) is 25.0. The first-order valence-corrected chi connectivity index (χ1v) is 7.83. The van der Waals surface area contributed by atoms with E-state index >= 15 is 0 Å². The molecule has 0 N–H and O–H groups in total. The van der Waals surface area contributed by atoms with Gasteiger partial charge >= 0.3 is 0 Å². The van der Waals surface area contributed by atoms with E-state index < -0.39 is 0 Å². The van der Waals surface area contributed by atoms with Gasteiger partial charge in [0.25, 0.3) is 0 Å². The molecule has 0 radical (unpaired) electrons. The van der Waals surface area contributed by atoms with Crippen molar-refractivity contribution in [2.24, 2.45) is 0 Å². The molecule has 1 aromatic rings. The molecule has 1 atom stereocenters. The highest BCUT2D eigenvalue weighted by Crippen LogP contribution is 2.25. The van der Waals surface area contributed by atoms with Crippen molar-refractivity contribution in [3.05, 3.63) is 29.8 Å². The monoisotopic (exact) mass is 274 g/mol. The number of ether oxygens (including phenoxy) is 1. The summed E-state index contributed by atoms with van der Waals surface area (Å²) < 4.78 is 5.32. The van der Waals surface area contributed by atoms with E-state index in [1.54, 1.807) is 0 Å². The third kappa shape index (κ3) is 2.70. The SMILES string of the molecule is CC(C)c1ccc(N2CCN(C3COC3)CC2C)cc1. The summed E-state index contributed by atoms with van der Waals surface area (Å²) >= 11 is 0. The van der Waals surface area contributed by atoms with E-state index in [9.17, 15) is 0 Å². The fraction of sp³-hybridized carbons (Fsp3) is 0.647. The van der Waals surface area contributed by atoms with Crippen LogP contribution in [-0.4, -0.2) is 49.8 Å². The number of nitrogens with zero attached hydrogens (tertiary/aromatic N) is 2. The summed E-state index contributed by atoms with van der Waals surface area (Å²) in [6.07, 6.45) is 0. The van der Waals surface area contributed by atoms with Crippen LogP contribution in [0.2, 0.25) is 0 Å². The summed E-state index contributed by atoms with van der Waals surface area (Å²) in [5.74, 6) is 0.608. The second-order valence-electron chi connectivity index (χ2n) is 6.47. The topological polar surface area (TPSA) is 15.7 Å². The molecule has 2 heterocycles. The molecule has 0 bridgehead atoms. The minimum absolute atomic E-state index is 0.578. The van der Waals surface area contributed by atoms with Crippen molar-refractivity contribution in [1.82, 2.24) is 4.90 Å². The van der Waals surface area contributed by atoms with Gasteiger partial charge in [-0.15, -0.1) is 0 Å². The molecule has 0 spiro atoms. The van der Waals surface area contributed by atoms with Crippen molar-refractivity contribution in [3.8, 4) is 0 Å². The molecule has 3 rings (SSSR count). The third-order valence-electron chi connectivity index (χ3n) is 4.69. The standard InChI is InChI=1S/C17H26N2O/c1-13(2)15-4-6-16(7-5-15)19-9-8-18(10-14(19)3)17-11-20-12-17/h4-7,13-14,17H,8-12H2,1-3H3. The van der Waals surface area contributed by atoms with Crippen LogP contribution in [0.3, 0.4) is 0 Å². The van der Waals surface area contributed by atoms with Crippen LogP contribution < -0.4 is 4.90 Å². The summed E-state index contributed by atoms with van der Waals surface area (Å²) in [7, 11) is 0. The van der Waals surface area contributed by atoms with Crippen LogP contribution in [0.15, 0.2) is 24.3 Å². The third-order valence-corrected chi connectivity index (χ3v) is 4.69. The van der Waals surface area contributed by atoms with Crippen LogP contribution in [-0.2, 0) is 4.74 Å². The predicted octanol–water partition coefficient (Wildman–Crippen LogP) is 2.72. The lowest BCUT2D eigenvalue weighted by Crippen LogP contribution is -2.59. The number of hydrogen-bond donors (Lipinski definition) is 0. The summed E-state index contributed by atoms with van der Waals surface area (Å²) in [5.41, 5.74) is 2.79. The van der Waals surface area contributed by atoms with Gasteiger partial charge in [0.2, 0.25) is 0 Å². The Kier molecular flexibility index (Phi) is 3.99. The minimum atomic E-state index is 0.578. The summed E-state index contributed by atoms with van der Waals surface area (Å²) in [4.78, 5) is 5.13. The Labute approximate surface area is 122 Å². The van der Waals surface area contributed by atoms with Gasteiger partial charge in [0.1, 0.15) is 0 Å². The van der Waals surface area contributed by atoms with Gasteiger partial charge in [0.15, 0.2) is 0 Å². The van der Waals surface area contributed by atoms with Crippen LogP contribution in [0.5, 0.6) is 0 Å². The van der Waals surface area contributed by atoms with Gasteiger partial charge in [-0.2, -0.15) is 0 Å². The van der Waals surface area contributed by atoms with Crippen molar-refractivity contribution in [1.29, 1.82) is 0 Å². The zero-order valence-electron chi connectivity index (χ0n) is 12.9. The van der Waals surface area contributed by atoms with E-state index in [-0.39, 0.29) is 0 Å². The highest BCUT2D eigenvalue weighted by molar-refractivity contribution is 5.49. The largest absolute Gasteiger partial charge is 0.378 e. The fourth-order valence-electron chi connectivity index (χ4n) is 3.19. The number of benzene rings is 1. The zero-order chi connectivity index (χ0) is 14.1. The maximum atomic E-state index is 5.32. The first-order valence-electron chi connectivity index (χ1n) is 7.83. The molecule has 3 nitrogen and oxygen atoms in total. The van der Waals surface area contributed by atoms with Gasteiger partial charge in [-0.05, 0) is 30.5 Å². The Morgan fingerprint density at radius 2 is 1.80 bits per heavy atom. The maximum Gasteiger partial charge on any atom is 0.0645 e. The van der Waals surface area contributed by atoms with E-state index in [4.69, 9.17) is 4.74 Å². The van der Waals surface area contributed by atoms with Gasteiger partial charge < -0.3 is 9.64 Å². The van der Waals surface area contributed by atoms with Gasteiger partial charge in [0, 0.05) is 31.4 Å². The number of hydrogen-bond acceptors (Lipinski definition) is 3. The van der Waals surface area contributed by atoms with Crippen molar-refractivity contribution in [2.45, 2.75) is 38.8 Å². The van der Waals surface area contributed by atoms with E-state index in [1.165, 1.54) is 11.3 Å². The van der Waals surface area contributed by atoms with Crippen molar-refractivity contribution >= 4 is 5.69 Å². The Hall–Kier alpha value is -1.06. The highest BCUT2D eigenvalue weighted by atomic mass is 16.5. The van der Waals surface area contributed by atoms with Crippen LogP contribution in [0.4, 0.5) is 5.69 Å². The number of piperazine rings is 1. The smallest absolute Gasteiger partial charge is 0.0645 e. The van der Waals surface area contributed by atoms with Gasteiger partial charge in [-0.1, -0.05) is 26.0 Å². The van der Waals surface area contributed by atoms with Crippen LogP contribution in [0.1, 0.15) is 32.3 Å². The molecular weight excluding hydrogens is 248 g/mol. The molecule has 110 valence electrons. The lowest BCUT2D eigenvalue weighted by Gasteiger charge is -2.46. The first-order chi connectivity index (χ1) is 9.65. The van der Waals surface area contributed by atoms with Crippen LogP contribution >= 0.6 is 0 Å². The minimum Gasteiger partial charge on any atom is -0.378 e.